The predicted octanol–water partition coefficient (Wildman–Crippen LogP) is 3.14. The minimum Gasteiger partial charge on any atom is -0.383 e. The van der Waals surface area contributed by atoms with E-state index >= 15 is 0 Å². The summed E-state index contributed by atoms with van der Waals surface area (Å²) in [5.74, 6) is -1.50. The molecule has 1 unspecified atom stereocenters. The van der Waals surface area contributed by atoms with Crippen LogP contribution in [-0.2, 0) is 9.53 Å². The lowest BCUT2D eigenvalue weighted by atomic mass is 10.0. The maximum atomic E-state index is 14.0. The predicted molar refractivity (Wildman–Crippen MR) is 112 cm³/mol. The summed E-state index contributed by atoms with van der Waals surface area (Å²) in [6.07, 6.45) is 0. The third-order valence-corrected chi connectivity index (χ3v) is 4.89. The van der Waals surface area contributed by atoms with E-state index < -0.39 is 23.7 Å². The molecule has 3 aromatic rings. The maximum Gasteiger partial charge on any atom is 0.280 e. The number of benzene rings is 2. The highest BCUT2D eigenvalue weighted by Crippen LogP contribution is 2.30. The van der Waals surface area contributed by atoms with E-state index in [-0.39, 0.29) is 17.9 Å². The van der Waals surface area contributed by atoms with Crippen molar-refractivity contribution in [3.8, 4) is 0 Å². The van der Waals surface area contributed by atoms with E-state index in [1.165, 1.54) is 35.6 Å². The lowest BCUT2D eigenvalue weighted by molar-refractivity contribution is -0.122. The Bertz CT molecular complexity index is 996. The van der Waals surface area contributed by atoms with Crippen molar-refractivity contribution in [2.75, 3.05) is 25.2 Å². The topological polar surface area (TPSA) is 84.4 Å². The standard InChI is InChI=1S/C21H21FN4O3S/c1-14-6-8-15(9-7-14)19(20(27)23-10-11-29-2)26(17-5-3-4-16(22)12-17)21(28)18-13-30-25-24-18/h3-9,12-13,19H,10-11H2,1-2H3,(H,23,27). The zero-order valence-electron chi connectivity index (χ0n) is 16.5. The van der Waals surface area contributed by atoms with E-state index in [0.717, 1.165) is 17.1 Å². The van der Waals surface area contributed by atoms with Crippen LogP contribution in [0.25, 0.3) is 0 Å². The second-order valence-corrected chi connectivity index (χ2v) is 7.15. The molecule has 1 atom stereocenters. The number of carbonyl (C=O) groups is 2. The molecule has 0 bridgehead atoms. The highest BCUT2D eigenvalue weighted by Gasteiger charge is 2.34. The fraction of sp³-hybridized carbons (Fsp3) is 0.238. The Kier molecular flexibility index (Phi) is 7.21. The Labute approximate surface area is 177 Å². The minimum absolute atomic E-state index is 0.0751. The molecule has 0 aliphatic carbocycles. The van der Waals surface area contributed by atoms with Gasteiger partial charge in [0.1, 0.15) is 11.9 Å². The monoisotopic (exact) mass is 428 g/mol. The first kappa shape index (κ1) is 21.5. The van der Waals surface area contributed by atoms with Crippen molar-refractivity contribution in [1.29, 1.82) is 0 Å². The van der Waals surface area contributed by atoms with E-state index in [2.05, 4.69) is 14.9 Å². The number of carbonyl (C=O) groups excluding carboxylic acids is 2. The van der Waals surface area contributed by atoms with Crippen LogP contribution in [0.1, 0.15) is 27.7 Å². The fourth-order valence-electron chi connectivity index (χ4n) is 2.93. The number of aryl methyl sites for hydroxylation is 1. The van der Waals surface area contributed by atoms with E-state index in [9.17, 15) is 14.0 Å². The van der Waals surface area contributed by atoms with Crippen LogP contribution >= 0.6 is 11.5 Å². The average molecular weight is 428 g/mol. The van der Waals surface area contributed by atoms with Crippen molar-refractivity contribution in [1.82, 2.24) is 14.9 Å². The number of anilines is 1. The van der Waals surface area contributed by atoms with Gasteiger partial charge < -0.3 is 10.1 Å². The molecule has 1 heterocycles. The van der Waals surface area contributed by atoms with Gasteiger partial charge in [0.25, 0.3) is 5.91 Å². The molecule has 0 aliphatic heterocycles. The minimum atomic E-state index is -1.04. The highest BCUT2D eigenvalue weighted by molar-refractivity contribution is 7.03. The van der Waals surface area contributed by atoms with Gasteiger partial charge in [0.05, 0.1) is 6.61 Å². The second-order valence-electron chi connectivity index (χ2n) is 6.54. The molecular formula is C21H21FN4O3S. The number of hydrogen-bond acceptors (Lipinski definition) is 6. The van der Waals surface area contributed by atoms with Crippen LogP contribution in [0.5, 0.6) is 0 Å². The van der Waals surface area contributed by atoms with Crippen LogP contribution in [0.4, 0.5) is 10.1 Å². The number of rotatable bonds is 8. The first-order chi connectivity index (χ1) is 14.5. The van der Waals surface area contributed by atoms with Gasteiger partial charge in [-0.2, -0.15) is 0 Å². The van der Waals surface area contributed by atoms with Gasteiger partial charge in [-0.1, -0.05) is 40.4 Å². The smallest absolute Gasteiger partial charge is 0.280 e. The zero-order valence-corrected chi connectivity index (χ0v) is 17.4. The number of ether oxygens (including phenoxy) is 1. The van der Waals surface area contributed by atoms with Crippen molar-refractivity contribution < 1.29 is 18.7 Å². The normalized spacial score (nSPS) is 11.7. The van der Waals surface area contributed by atoms with Crippen molar-refractivity contribution in [2.45, 2.75) is 13.0 Å². The number of nitrogens with one attached hydrogen (secondary N) is 1. The summed E-state index contributed by atoms with van der Waals surface area (Å²) in [7, 11) is 1.53. The number of hydrogen-bond donors (Lipinski definition) is 1. The van der Waals surface area contributed by atoms with Gasteiger partial charge in [0.2, 0.25) is 5.91 Å². The Morgan fingerprint density at radius 2 is 2.00 bits per heavy atom. The number of halogens is 1. The van der Waals surface area contributed by atoms with Gasteiger partial charge in [-0.3, -0.25) is 14.5 Å². The summed E-state index contributed by atoms with van der Waals surface area (Å²) in [6, 6.07) is 11.7. The van der Waals surface area contributed by atoms with Crippen molar-refractivity contribution >= 4 is 29.0 Å². The van der Waals surface area contributed by atoms with Crippen LogP contribution in [-0.4, -0.2) is 41.7 Å². The van der Waals surface area contributed by atoms with Crippen molar-refractivity contribution in [2.24, 2.45) is 0 Å². The van der Waals surface area contributed by atoms with Crippen LogP contribution in [0.15, 0.2) is 53.9 Å². The van der Waals surface area contributed by atoms with Crippen molar-refractivity contribution in [3.05, 3.63) is 76.5 Å². The van der Waals surface area contributed by atoms with Crippen LogP contribution in [0.2, 0.25) is 0 Å². The molecule has 1 N–H and O–H groups in total. The second kappa shape index (κ2) is 10.0. The molecule has 9 heteroatoms. The third kappa shape index (κ3) is 5.05. The first-order valence-corrected chi connectivity index (χ1v) is 10.0. The Hall–Kier alpha value is -3.17. The highest BCUT2D eigenvalue weighted by atomic mass is 32.1. The largest absolute Gasteiger partial charge is 0.383 e. The molecule has 2 aromatic carbocycles. The molecule has 1 aromatic heterocycles. The summed E-state index contributed by atoms with van der Waals surface area (Å²) in [5.41, 5.74) is 1.90. The lowest BCUT2D eigenvalue weighted by Gasteiger charge is -2.31. The molecule has 3 rings (SSSR count). The Morgan fingerprint density at radius 1 is 1.23 bits per heavy atom. The zero-order chi connectivity index (χ0) is 21.5. The molecule has 0 saturated heterocycles. The number of amides is 2. The van der Waals surface area contributed by atoms with Crippen LogP contribution < -0.4 is 10.2 Å². The van der Waals surface area contributed by atoms with Gasteiger partial charge in [-0.25, -0.2) is 4.39 Å². The summed E-state index contributed by atoms with van der Waals surface area (Å²) in [5, 5.41) is 8.11. The Morgan fingerprint density at radius 3 is 2.63 bits per heavy atom. The molecule has 156 valence electrons. The summed E-state index contributed by atoms with van der Waals surface area (Å²) in [4.78, 5) is 27.8. The number of methoxy groups -OCH3 is 1. The summed E-state index contributed by atoms with van der Waals surface area (Å²) >= 11 is 1.02. The molecule has 0 aliphatic rings. The van der Waals surface area contributed by atoms with E-state index in [0.29, 0.717) is 12.2 Å². The molecule has 0 radical (unpaired) electrons. The molecule has 0 spiro atoms. The lowest BCUT2D eigenvalue weighted by Crippen LogP contribution is -2.45. The maximum absolute atomic E-state index is 14.0. The number of aromatic nitrogens is 2. The average Bonchev–Trinajstić information content (AvgIpc) is 3.27. The van der Waals surface area contributed by atoms with Gasteiger partial charge in [-0.05, 0) is 42.2 Å². The van der Waals surface area contributed by atoms with E-state index in [1.54, 1.807) is 18.2 Å². The Balaban J connectivity index is 2.10. The van der Waals surface area contributed by atoms with Gasteiger partial charge in [0, 0.05) is 24.7 Å². The molecular weight excluding hydrogens is 407 g/mol. The third-order valence-electron chi connectivity index (χ3n) is 4.39. The molecule has 30 heavy (non-hydrogen) atoms. The molecule has 2 amide bonds. The van der Waals surface area contributed by atoms with Gasteiger partial charge in [-0.15, -0.1) is 5.10 Å². The number of nitrogens with zero attached hydrogens (tertiary/aromatic N) is 3. The molecule has 7 nitrogen and oxygen atoms in total. The van der Waals surface area contributed by atoms with Gasteiger partial charge in [0.15, 0.2) is 5.69 Å². The van der Waals surface area contributed by atoms with Gasteiger partial charge >= 0.3 is 0 Å². The first-order valence-electron chi connectivity index (χ1n) is 9.20. The molecule has 0 saturated carbocycles. The van der Waals surface area contributed by atoms with Crippen molar-refractivity contribution in [3.63, 3.8) is 0 Å². The van der Waals surface area contributed by atoms with Crippen LogP contribution in [0, 0.1) is 12.7 Å². The quantitative estimate of drug-likeness (QED) is 0.557. The summed E-state index contributed by atoms with van der Waals surface area (Å²) < 4.78 is 22.8. The van der Waals surface area contributed by atoms with E-state index in [4.69, 9.17) is 4.74 Å². The SMILES string of the molecule is COCCNC(=O)C(c1ccc(C)cc1)N(C(=O)c1csnn1)c1cccc(F)c1. The van der Waals surface area contributed by atoms with E-state index in [1.807, 2.05) is 19.1 Å². The van der Waals surface area contributed by atoms with Crippen LogP contribution in [0.3, 0.4) is 0 Å². The molecule has 0 fully saturated rings. The summed E-state index contributed by atoms with van der Waals surface area (Å²) in [6.45, 7) is 2.51. The fourth-order valence-corrected chi connectivity index (χ4v) is 3.36.